The standard InChI is InChI=1S/C14H11F2N3O/c1-20-10-4-2-3-9(7-10)19-12-6-8(15)5-11(16)13(12)18-14(19)17/h2-7H,1H3,(H2,17,18). The van der Waals surface area contributed by atoms with Crippen LogP contribution in [0.2, 0.25) is 0 Å². The Labute approximate surface area is 113 Å². The zero-order valence-corrected chi connectivity index (χ0v) is 10.6. The molecule has 20 heavy (non-hydrogen) atoms. The summed E-state index contributed by atoms with van der Waals surface area (Å²) < 4.78 is 33.7. The molecule has 0 radical (unpaired) electrons. The zero-order chi connectivity index (χ0) is 14.3. The third-order valence-electron chi connectivity index (χ3n) is 3.02. The highest BCUT2D eigenvalue weighted by Crippen LogP contribution is 2.27. The van der Waals surface area contributed by atoms with Crippen LogP contribution in [0, 0.1) is 11.6 Å². The molecule has 6 heteroatoms. The number of benzene rings is 2. The summed E-state index contributed by atoms with van der Waals surface area (Å²) in [5.41, 5.74) is 6.74. The van der Waals surface area contributed by atoms with Crippen LogP contribution in [0.4, 0.5) is 14.7 Å². The van der Waals surface area contributed by atoms with E-state index in [2.05, 4.69) is 4.98 Å². The van der Waals surface area contributed by atoms with Crippen LogP contribution < -0.4 is 10.5 Å². The van der Waals surface area contributed by atoms with Gasteiger partial charge in [0.25, 0.3) is 0 Å². The average molecular weight is 275 g/mol. The summed E-state index contributed by atoms with van der Waals surface area (Å²) in [4.78, 5) is 3.94. The van der Waals surface area contributed by atoms with Gasteiger partial charge in [-0.3, -0.25) is 4.57 Å². The Morgan fingerprint density at radius 3 is 2.75 bits per heavy atom. The third kappa shape index (κ3) is 1.85. The summed E-state index contributed by atoms with van der Waals surface area (Å²) in [6.07, 6.45) is 0. The van der Waals surface area contributed by atoms with Crippen molar-refractivity contribution < 1.29 is 13.5 Å². The van der Waals surface area contributed by atoms with Crippen molar-refractivity contribution in [2.75, 3.05) is 12.8 Å². The predicted molar refractivity (Wildman–Crippen MR) is 72.0 cm³/mol. The molecule has 0 aliphatic rings. The van der Waals surface area contributed by atoms with Gasteiger partial charge < -0.3 is 10.5 Å². The number of hydrogen-bond donors (Lipinski definition) is 1. The maximum atomic E-state index is 13.7. The van der Waals surface area contributed by atoms with E-state index in [1.807, 2.05) is 0 Å². The van der Waals surface area contributed by atoms with Crippen LogP contribution in [0.1, 0.15) is 0 Å². The summed E-state index contributed by atoms with van der Waals surface area (Å²) in [5.74, 6) is -0.731. The van der Waals surface area contributed by atoms with Gasteiger partial charge in [-0.15, -0.1) is 0 Å². The molecule has 3 rings (SSSR count). The van der Waals surface area contributed by atoms with Crippen molar-refractivity contribution in [2.24, 2.45) is 0 Å². The number of hydrogen-bond acceptors (Lipinski definition) is 3. The minimum atomic E-state index is -0.742. The van der Waals surface area contributed by atoms with Crippen molar-refractivity contribution in [2.45, 2.75) is 0 Å². The SMILES string of the molecule is COc1cccc(-n2c(N)nc3c(F)cc(F)cc32)c1. The molecule has 1 heterocycles. The molecule has 0 aliphatic carbocycles. The lowest BCUT2D eigenvalue weighted by Crippen LogP contribution is -2.01. The Kier molecular flexibility index (Phi) is 2.78. The molecule has 3 aromatic rings. The lowest BCUT2D eigenvalue weighted by molar-refractivity contribution is 0.414. The van der Waals surface area contributed by atoms with E-state index in [0.29, 0.717) is 11.4 Å². The van der Waals surface area contributed by atoms with E-state index in [1.165, 1.54) is 17.7 Å². The van der Waals surface area contributed by atoms with Gasteiger partial charge in [-0.25, -0.2) is 13.8 Å². The number of aromatic nitrogens is 2. The summed E-state index contributed by atoms with van der Waals surface area (Å²) in [5, 5.41) is 0. The second kappa shape index (κ2) is 4.48. The molecule has 4 nitrogen and oxygen atoms in total. The Morgan fingerprint density at radius 1 is 1.20 bits per heavy atom. The number of rotatable bonds is 2. The monoisotopic (exact) mass is 275 g/mol. The van der Waals surface area contributed by atoms with Crippen molar-refractivity contribution in [1.29, 1.82) is 0 Å². The van der Waals surface area contributed by atoms with Crippen molar-refractivity contribution in [3.05, 3.63) is 48.0 Å². The number of nitrogen functional groups attached to an aromatic ring is 1. The molecule has 2 aromatic carbocycles. The number of anilines is 1. The molecule has 0 aliphatic heterocycles. The van der Waals surface area contributed by atoms with Gasteiger partial charge in [-0.1, -0.05) is 6.07 Å². The number of ether oxygens (including phenoxy) is 1. The second-order valence-corrected chi connectivity index (χ2v) is 4.26. The van der Waals surface area contributed by atoms with Gasteiger partial charge >= 0.3 is 0 Å². The number of nitrogens with zero attached hydrogens (tertiary/aromatic N) is 2. The molecule has 102 valence electrons. The number of imidazole rings is 1. The molecular formula is C14H11F2N3O. The molecule has 0 amide bonds. The van der Waals surface area contributed by atoms with E-state index < -0.39 is 11.6 Å². The third-order valence-corrected chi connectivity index (χ3v) is 3.02. The van der Waals surface area contributed by atoms with Gasteiger partial charge in [0.15, 0.2) is 5.82 Å². The Morgan fingerprint density at radius 2 is 2.00 bits per heavy atom. The highest BCUT2D eigenvalue weighted by Gasteiger charge is 2.15. The van der Waals surface area contributed by atoms with Crippen molar-refractivity contribution in [1.82, 2.24) is 9.55 Å². The van der Waals surface area contributed by atoms with E-state index >= 15 is 0 Å². The fourth-order valence-corrected chi connectivity index (χ4v) is 2.14. The highest BCUT2D eigenvalue weighted by atomic mass is 19.1. The Balaban J connectivity index is 2.32. The molecule has 0 bridgehead atoms. The predicted octanol–water partition coefficient (Wildman–Crippen LogP) is 2.89. The molecule has 0 fully saturated rings. The van der Waals surface area contributed by atoms with Crippen molar-refractivity contribution in [3.63, 3.8) is 0 Å². The molecule has 0 unspecified atom stereocenters. The minimum Gasteiger partial charge on any atom is -0.497 e. The quantitative estimate of drug-likeness (QED) is 0.782. The number of nitrogens with two attached hydrogens (primary N) is 1. The van der Waals surface area contributed by atoms with Crippen molar-refractivity contribution in [3.8, 4) is 11.4 Å². The van der Waals surface area contributed by atoms with Gasteiger partial charge in [0.1, 0.15) is 17.1 Å². The Bertz CT molecular complexity index is 798. The van der Waals surface area contributed by atoms with E-state index in [1.54, 1.807) is 24.3 Å². The van der Waals surface area contributed by atoms with Crippen LogP contribution >= 0.6 is 0 Å². The van der Waals surface area contributed by atoms with Gasteiger partial charge in [0.05, 0.1) is 18.3 Å². The van der Waals surface area contributed by atoms with Crippen LogP contribution in [0.25, 0.3) is 16.7 Å². The largest absolute Gasteiger partial charge is 0.497 e. The summed E-state index contributed by atoms with van der Waals surface area (Å²) in [6, 6.07) is 8.96. The van der Waals surface area contributed by atoms with E-state index in [-0.39, 0.29) is 17.0 Å². The molecule has 0 atom stereocenters. The second-order valence-electron chi connectivity index (χ2n) is 4.26. The minimum absolute atomic E-state index is 0.0340. The van der Waals surface area contributed by atoms with Crippen LogP contribution in [0.3, 0.4) is 0 Å². The first kappa shape index (κ1) is 12.4. The van der Waals surface area contributed by atoms with Crippen LogP contribution in [0.5, 0.6) is 5.75 Å². The normalized spacial score (nSPS) is 10.9. The molecule has 0 spiro atoms. The summed E-state index contributed by atoms with van der Waals surface area (Å²) in [7, 11) is 1.54. The number of methoxy groups -OCH3 is 1. The van der Waals surface area contributed by atoms with Gasteiger partial charge in [0, 0.05) is 18.2 Å². The van der Waals surface area contributed by atoms with Gasteiger partial charge in [0.2, 0.25) is 5.95 Å². The first-order valence-electron chi connectivity index (χ1n) is 5.87. The fraction of sp³-hybridized carbons (Fsp3) is 0.0714. The van der Waals surface area contributed by atoms with E-state index in [0.717, 1.165) is 6.07 Å². The summed E-state index contributed by atoms with van der Waals surface area (Å²) >= 11 is 0. The zero-order valence-electron chi connectivity index (χ0n) is 10.6. The van der Waals surface area contributed by atoms with Gasteiger partial charge in [-0.2, -0.15) is 0 Å². The Hall–Kier alpha value is -2.63. The smallest absolute Gasteiger partial charge is 0.206 e. The van der Waals surface area contributed by atoms with Gasteiger partial charge in [-0.05, 0) is 12.1 Å². The van der Waals surface area contributed by atoms with Crippen molar-refractivity contribution >= 4 is 17.0 Å². The van der Waals surface area contributed by atoms with Crippen LogP contribution in [0.15, 0.2) is 36.4 Å². The molecule has 1 aromatic heterocycles. The lowest BCUT2D eigenvalue weighted by Gasteiger charge is -2.08. The first-order chi connectivity index (χ1) is 9.60. The molecule has 0 saturated carbocycles. The highest BCUT2D eigenvalue weighted by molar-refractivity contribution is 5.81. The van der Waals surface area contributed by atoms with Crippen LogP contribution in [-0.4, -0.2) is 16.7 Å². The first-order valence-corrected chi connectivity index (χ1v) is 5.87. The molecular weight excluding hydrogens is 264 g/mol. The van der Waals surface area contributed by atoms with E-state index in [9.17, 15) is 8.78 Å². The maximum absolute atomic E-state index is 13.7. The maximum Gasteiger partial charge on any atom is 0.206 e. The van der Waals surface area contributed by atoms with E-state index in [4.69, 9.17) is 10.5 Å². The lowest BCUT2D eigenvalue weighted by atomic mass is 10.2. The topological polar surface area (TPSA) is 53.1 Å². The summed E-state index contributed by atoms with van der Waals surface area (Å²) in [6.45, 7) is 0. The molecule has 0 saturated heterocycles. The fourth-order valence-electron chi connectivity index (χ4n) is 2.14. The average Bonchev–Trinajstić information content (AvgIpc) is 2.75. The molecule has 2 N–H and O–H groups in total. The number of fused-ring (bicyclic) bond motifs is 1. The van der Waals surface area contributed by atoms with Crippen LogP contribution in [-0.2, 0) is 0 Å². The number of halogens is 2.